The fourth-order valence-electron chi connectivity index (χ4n) is 1.96. The zero-order valence-corrected chi connectivity index (χ0v) is 10.9. The van der Waals surface area contributed by atoms with Crippen LogP contribution < -0.4 is 15.4 Å². The molecule has 1 atom stereocenters. The zero-order valence-electron chi connectivity index (χ0n) is 10.9. The van der Waals surface area contributed by atoms with Crippen molar-refractivity contribution in [3.8, 4) is 5.75 Å². The molecule has 1 amide bonds. The fraction of sp³-hybridized carbons (Fsp3) is 0.385. The van der Waals surface area contributed by atoms with Crippen LogP contribution in [0, 0.1) is 0 Å². The maximum Gasteiger partial charge on any atom is 0.307 e. The van der Waals surface area contributed by atoms with E-state index in [0.29, 0.717) is 17.1 Å². The minimum Gasteiger partial charge on any atom is -0.479 e. The summed E-state index contributed by atoms with van der Waals surface area (Å²) >= 11 is 0. The number of carbonyl (C=O) groups excluding carboxylic acids is 2. The smallest absolute Gasteiger partial charge is 0.307 e. The first kappa shape index (κ1) is 13.2. The number of rotatable bonds is 3. The summed E-state index contributed by atoms with van der Waals surface area (Å²) in [6.45, 7) is 1.93. The Hall–Kier alpha value is -2.24. The van der Waals surface area contributed by atoms with Crippen molar-refractivity contribution < 1.29 is 19.1 Å². The number of ether oxygens (including phenoxy) is 2. The molecule has 0 saturated carbocycles. The van der Waals surface area contributed by atoms with E-state index in [1.807, 2.05) is 0 Å². The van der Waals surface area contributed by atoms with Gasteiger partial charge in [0.05, 0.1) is 19.2 Å². The van der Waals surface area contributed by atoms with Crippen LogP contribution in [0.3, 0.4) is 0 Å². The Morgan fingerprint density at radius 2 is 2.26 bits per heavy atom. The van der Waals surface area contributed by atoms with E-state index in [1.165, 1.54) is 12.0 Å². The second kappa shape index (κ2) is 5.17. The number of nitrogens with two attached hydrogens (primary N) is 1. The van der Waals surface area contributed by atoms with Gasteiger partial charge < -0.3 is 20.1 Å². The summed E-state index contributed by atoms with van der Waals surface area (Å²) in [5.41, 5.74) is 6.88. The predicted molar refractivity (Wildman–Crippen MR) is 69.9 cm³/mol. The molecule has 1 heterocycles. The molecule has 6 nitrogen and oxygen atoms in total. The standard InChI is InChI=1S/C13H16N2O4/c1-8-13(17)15(6-5-12(16)18-2)10-4-3-9(14)7-11(10)19-8/h3-4,7-8H,5-6,14H2,1-2H3. The molecule has 1 aliphatic heterocycles. The monoisotopic (exact) mass is 264 g/mol. The molecule has 0 saturated heterocycles. The van der Waals surface area contributed by atoms with E-state index >= 15 is 0 Å². The topological polar surface area (TPSA) is 81.9 Å². The molecule has 1 aromatic rings. The van der Waals surface area contributed by atoms with Crippen LogP contribution in [0.4, 0.5) is 11.4 Å². The van der Waals surface area contributed by atoms with Crippen LogP contribution in [-0.4, -0.2) is 31.6 Å². The highest BCUT2D eigenvalue weighted by Gasteiger charge is 2.31. The van der Waals surface area contributed by atoms with Crippen LogP contribution in [-0.2, 0) is 14.3 Å². The van der Waals surface area contributed by atoms with Gasteiger partial charge in [0.1, 0.15) is 5.75 Å². The van der Waals surface area contributed by atoms with Crippen molar-refractivity contribution >= 4 is 23.3 Å². The number of carbonyl (C=O) groups is 2. The van der Waals surface area contributed by atoms with Gasteiger partial charge >= 0.3 is 5.97 Å². The number of hydrogen-bond donors (Lipinski definition) is 1. The lowest BCUT2D eigenvalue weighted by molar-refractivity contribution is -0.140. The third-order valence-electron chi connectivity index (χ3n) is 2.96. The van der Waals surface area contributed by atoms with Crippen LogP contribution in [0.1, 0.15) is 13.3 Å². The normalized spacial score (nSPS) is 17.7. The number of methoxy groups -OCH3 is 1. The van der Waals surface area contributed by atoms with Crippen molar-refractivity contribution in [1.82, 2.24) is 0 Å². The van der Waals surface area contributed by atoms with Gasteiger partial charge in [-0.1, -0.05) is 0 Å². The van der Waals surface area contributed by atoms with E-state index in [-0.39, 0.29) is 24.8 Å². The Kier molecular flexibility index (Phi) is 3.59. The minimum atomic E-state index is -0.591. The van der Waals surface area contributed by atoms with Gasteiger partial charge in [-0.05, 0) is 19.1 Å². The van der Waals surface area contributed by atoms with Crippen molar-refractivity contribution in [3.63, 3.8) is 0 Å². The molecule has 6 heteroatoms. The Labute approximate surface area is 111 Å². The number of anilines is 2. The van der Waals surface area contributed by atoms with E-state index in [2.05, 4.69) is 4.74 Å². The van der Waals surface area contributed by atoms with Crippen LogP contribution in [0.2, 0.25) is 0 Å². The van der Waals surface area contributed by atoms with E-state index in [9.17, 15) is 9.59 Å². The number of hydrogen-bond acceptors (Lipinski definition) is 5. The number of nitrogens with zero attached hydrogens (tertiary/aromatic N) is 1. The lowest BCUT2D eigenvalue weighted by Crippen LogP contribution is -2.45. The quantitative estimate of drug-likeness (QED) is 0.649. The van der Waals surface area contributed by atoms with Gasteiger partial charge in [-0.3, -0.25) is 9.59 Å². The second-order valence-corrected chi connectivity index (χ2v) is 4.30. The highest BCUT2D eigenvalue weighted by atomic mass is 16.5. The molecular formula is C13H16N2O4. The summed E-state index contributed by atoms with van der Waals surface area (Å²) in [6.07, 6.45) is -0.453. The number of amides is 1. The number of fused-ring (bicyclic) bond motifs is 1. The van der Waals surface area contributed by atoms with E-state index in [0.717, 1.165) is 0 Å². The van der Waals surface area contributed by atoms with Gasteiger partial charge in [0.15, 0.2) is 6.10 Å². The van der Waals surface area contributed by atoms with E-state index in [4.69, 9.17) is 10.5 Å². The molecule has 2 rings (SSSR count). The molecule has 1 aliphatic rings. The number of benzene rings is 1. The first-order valence-corrected chi connectivity index (χ1v) is 5.97. The van der Waals surface area contributed by atoms with Crippen LogP contribution in [0.15, 0.2) is 18.2 Å². The number of esters is 1. The fourth-order valence-corrected chi connectivity index (χ4v) is 1.96. The van der Waals surface area contributed by atoms with Gasteiger partial charge in [-0.2, -0.15) is 0 Å². The van der Waals surface area contributed by atoms with Crippen molar-refractivity contribution in [2.24, 2.45) is 0 Å². The Morgan fingerprint density at radius 1 is 1.53 bits per heavy atom. The predicted octanol–water partition coefficient (Wildman–Crippen LogP) is 0.946. The third-order valence-corrected chi connectivity index (χ3v) is 2.96. The van der Waals surface area contributed by atoms with E-state index in [1.54, 1.807) is 25.1 Å². The SMILES string of the molecule is COC(=O)CCN1C(=O)C(C)Oc2cc(N)ccc21. The molecule has 19 heavy (non-hydrogen) atoms. The van der Waals surface area contributed by atoms with Crippen LogP contribution in [0.25, 0.3) is 0 Å². The highest BCUT2D eigenvalue weighted by molar-refractivity contribution is 6.00. The average Bonchev–Trinajstić information content (AvgIpc) is 2.39. The average molecular weight is 264 g/mol. The summed E-state index contributed by atoms with van der Waals surface area (Å²) in [5.74, 6) is 0.0158. The highest BCUT2D eigenvalue weighted by Crippen LogP contribution is 2.35. The molecular weight excluding hydrogens is 248 g/mol. The first-order chi connectivity index (χ1) is 9.02. The molecule has 0 bridgehead atoms. The lowest BCUT2D eigenvalue weighted by atomic mass is 10.1. The Bertz CT molecular complexity index is 515. The molecule has 1 unspecified atom stereocenters. The third kappa shape index (κ3) is 2.62. The summed E-state index contributed by atoms with van der Waals surface area (Å²) in [7, 11) is 1.32. The maximum atomic E-state index is 12.1. The largest absolute Gasteiger partial charge is 0.479 e. The van der Waals surface area contributed by atoms with Crippen molar-refractivity contribution in [3.05, 3.63) is 18.2 Å². The summed E-state index contributed by atoms with van der Waals surface area (Å²) in [5, 5.41) is 0. The summed E-state index contributed by atoms with van der Waals surface area (Å²) < 4.78 is 10.1. The summed E-state index contributed by atoms with van der Waals surface area (Å²) in [4.78, 5) is 24.8. The van der Waals surface area contributed by atoms with Crippen molar-refractivity contribution in [1.29, 1.82) is 0 Å². The van der Waals surface area contributed by atoms with Crippen molar-refractivity contribution in [2.45, 2.75) is 19.4 Å². The number of nitrogen functional groups attached to an aromatic ring is 1. The second-order valence-electron chi connectivity index (χ2n) is 4.30. The Morgan fingerprint density at radius 3 is 2.95 bits per heavy atom. The molecule has 2 N–H and O–H groups in total. The summed E-state index contributed by atoms with van der Waals surface area (Å²) in [6, 6.07) is 5.08. The van der Waals surface area contributed by atoms with Crippen LogP contribution >= 0.6 is 0 Å². The first-order valence-electron chi connectivity index (χ1n) is 5.97. The zero-order chi connectivity index (χ0) is 14.0. The van der Waals surface area contributed by atoms with Gasteiger partial charge in [-0.15, -0.1) is 0 Å². The molecule has 0 aliphatic carbocycles. The van der Waals surface area contributed by atoms with Gasteiger partial charge in [-0.25, -0.2) is 0 Å². The Balaban J connectivity index is 2.26. The molecule has 102 valence electrons. The minimum absolute atomic E-state index is 0.138. The van der Waals surface area contributed by atoms with Crippen molar-refractivity contribution in [2.75, 3.05) is 24.3 Å². The van der Waals surface area contributed by atoms with Crippen LogP contribution in [0.5, 0.6) is 5.75 Å². The van der Waals surface area contributed by atoms with Gasteiger partial charge in [0.25, 0.3) is 5.91 Å². The van der Waals surface area contributed by atoms with Gasteiger partial charge in [0, 0.05) is 18.3 Å². The molecule has 0 aromatic heterocycles. The lowest BCUT2D eigenvalue weighted by Gasteiger charge is -2.32. The molecule has 0 fully saturated rings. The maximum absolute atomic E-state index is 12.1. The molecule has 0 radical (unpaired) electrons. The molecule has 0 spiro atoms. The van der Waals surface area contributed by atoms with E-state index < -0.39 is 6.10 Å². The molecule has 1 aromatic carbocycles. The van der Waals surface area contributed by atoms with Gasteiger partial charge in [0.2, 0.25) is 0 Å².